The summed E-state index contributed by atoms with van der Waals surface area (Å²) in [5.74, 6) is 0.0762. The Hall–Kier alpha value is -3.95. The van der Waals surface area contributed by atoms with E-state index in [2.05, 4.69) is 32.8 Å². The molecule has 3 aromatic carbocycles. The van der Waals surface area contributed by atoms with Gasteiger partial charge in [0.2, 0.25) is 5.95 Å². The van der Waals surface area contributed by atoms with Gasteiger partial charge in [-0.25, -0.2) is 9.37 Å². The normalized spacial score (nSPS) is 10.6. The van der Waals surface area contributed by atoms with Crippen molar-refractivity contribution in [3.63, 3.8) is 0 Å². The lowest BCUT2D eigenvalue weighted by Gasteiger charge is -2.16. The Morgan fingerprint density at radius 1 is 1.05 bits per heavy atom. The van der Waals surface area contributed by atoms with Gasteiger partial charge in [-0.3, -0.25) is 9.59 Å². The molecule has 0 radical (unpaired) electrons. The maximum Gasteiger partial charge on any atom is 0.261 e. The van der Waals surface area contributed by atoms with Crippen molar-refractivity contribution in [2.75, 3.05) is 21.7 Å². The number of halogens is 2. The molecule has 0 aliphatic carbocycles. The van der Waals surface area contributed by atoms with Crippen LogP contribution in [-0.2, 0) is 0 Å². The monoisotopic (exact) mass is 535 g/mol. The van der Waals surface area contributed by atoms with E-state index < -0.39 is 11.7 Å². The number of anilines is 5. The molecule has 188 valence electrons. The van der Waals surface area contributed by atoms with Crippen LogP contribution in [0.25, 0.3) is 0 Å². The molecular formula is C27H23ClFN5O2S. The predicted octanol–water partition coefficient (Wildman–Crippen LogP) is 7.32. The first-order valence-electron chi connectivity index (χ1n) is 11.4. The average molecular weight is 536 g/mol. The zero-order valence-corrected chi connectivity index (χ0v) is 21.4. The lowest BCUT2D eigenvalue weighted by molar-refractivity contribution is 0.102. The fourth-order valence-corrected chi connectivity index (χ4v) is 4.39. The third kappa shape index (κ3) is 6.63. The molecule has 0 fully saturated rings. The third-order valence-corrected chi connectivity index (χ3v) is 6.73. The van der Waals surface area contributed by atoms with Crippen LogP contribution in [-0.4, -0.2) is 27.9 Å². The molecule has 1 heterocycles. The molecule has 1 amide bonds. The highest BCUT2D eigenvalue weighted by molar-refractivity contribution is 7.99. The van der Waals surface area contributed by atoms with Gasteiger partial charge in [0.25, 0.3) is 5.91 Å². The number of rotatable bonds is 10. The van der Waals surface area contributed by atoms with Gasteiger partial charge in [0.1, 0.15) is 23.5 Å². The number of nitrogens with one attached hydrogen (secondary N) is 3. The maximum atomic E-state index is 14.3. The standard InChI is InChI=1S/C27H23ClFN5O2S/c1-2-14-37-23-9-4-3-8-22(23)32-25-19(26(36)33-24-20(28)6-5-7-21(24)29)15-30-27(34-25)31-18-12-10-17(16-35)11-13-18/h3-13,15-16H,2,14H2,1H3,(H,33,36)(H2,30,31,32,34). The Balaban J connectivity index is 1.69. The minimum Gasteiger partial charge on any atom is -0.338 e. The van der Waals surface area contributed by atoms with E-state index in [1.165, 1.54) is 24.4 Å². The van der Waals surface area contributed by atoms with E-state index in [4.69, 9.17) is 11.6 Å². The minimum absolute atomic E-state index is 0.0714. The van der Waals surface area contributed by atoms with E-state index >= 15 is 0 Å². The number of carbonyl (C=O) groups excluding carboxylic acids is 2. The van der Waals surface area contributed by atoms with Gasteiger partial charge in [-0.05, 0) is 60.7 Å². The van der Waals surface area contributed by atoms with Crippen LogP contribution < -0.4 is 16.0 Å². The van der Waals surface area contributed by atoms with Crippen molar-refractivity contribution in [1.82, 2.24) is 9.97 Å². The van der Waals surface area contributed by atoms with Crippen LogP contribution >= 0.6 is 23.4 Å². The van der Waals surface area contributed by atoms with Crippen LogP contribution in [0, 0.1) is 5.82 Å². The molecule has 10 heteroatoms. The molecule has 0 aliphatic rings. The Kier molecular flexibility index (Phi) is 8.71. The molecule has 4 rings (SSSR count). The molecule has 0 saturated heterocycles. The summed E-state index contributed by atoms with van der Waals surface area (Å²) in [6.07, 6.45) is 3.11. The number of para-hydroxylation sites is 2. The van der Waals surface area contributed by atoms with Crippen LogP contribution in [0.1, 0.15) is 34.1 Å². The first-order valence-corrected chi connectivity index (χ1v) is 12.8. The fraction of sp³-hybridized carbons (Fsp3) is 0.111. The van der Waals surface area contributed by atoms with E-state index in [1.807, 2.05) is 24.3 Å². The van der Waals surface area contributed by atoms with E-state index in [-0.39, 0.29) is 28.0 Å². The summed E-state index contributed by atoms with van der Waals surface area (Å²) in [6.45, 7) is 2.10. The number of benzene rings is 3. The summed E-state index contributed by atoms with van der Waals surface area (Å²) < 4.78 is 14.3. The van der Waals surface area contributed by atoms with Gasteiger partial charge < -0.3 is 16.0 Å². The van der Waals surface area contributed by atoms with Crippen molar-refractivity contribution in [2.45, 2.75) is 18.2 Å². The van der Waals surface area contributed by atoms with Crippen molar-refractivity contribution < 1.29 is 14.0 Å². The van der Waals surface area contributed by atoms with E-state index in [9.17, 15) is 14.0 Å². The lowest BCUT2D eigenvalue weighted by Crippen LogP contribution is -2.17. The topological polar surface area (TPSA) is 96.0 Å². The van der Waals surface area contributed by atoms with Gasteiger partial charge in [0.05, 0.1) is 16.4 Å². The molecule has 0 atom stereocenters. The first kappa shape index (κ1) is 26.1. The number of aromatic nitrogens is 2. The van der Waals surface area contributed by atoms with Crippen molar-refractivity contribution >= 4 is 64.4 Å². The second-order valence-electron chi connectivity index (χ2n) is 7.84. The zero-order chi connectivity index (χ0) is 26.2. The number of hydrogen-bond acceptors (Lipinski definition) is 7. The van der Waals surface area contributed by atoms with Gasteiger partial charge in [-0.1, -0.05) is 36.7 Å². The van der Waals surface area contributed by atoms with Gasteiger partial charge in [0, 0.05) is 22.3 Å². The van der Waals surface area contributed by atoms with Crippen LogP contribution in [0.3, 0.4) is 0 Å². The maximum absolute atomic E-state index is 14.3. The molecule has 37 heavy (non-hydrogen) atoms. The number of nitrogens with zero attached hydrogens (tertiary/aromatic N) is 2. The average Bonchev–Trinajstić information content (AvgIpc) is 2.91. The van der Waals surface area contributed by atoms with Crippen molar-refractivity contribution in [3.05, 3.63) is 94.9 Å². The molecule has 7 nitrogen and oxygen atoms in total. The lowest BCUT2D eigenvalue weighted by atomic mass is 10.2. The van der Waals surface area contributed by atoms with E-state index in [1.54, 1.807) is 36.0 Å². The molecule has 1 aromatic heterocycles. The van der Waals surface area contributed by atoms with Crippen LogP contribution in [0.2, 0.25) is 5.02 Å². The highest BCUT2D eigenvalue weighted by Crippen LogP contribution is 2.32. The quantitative estimate of drug-likeness (QED) is 0.144. The van der Waals surface area contributed by atoms with E-state index in [0.717, 1.165) is 29.0 Å². The first-order chi connectivity index (χ1) is 18.0. The molecule has 0 aliphatic heterocycles. The van der Waals surface area contributed by atoms with E-state index in [0.29, 0.717) is 11.3 Å². The van der Waals surface area contributed by atoms with Crippen molar-refractivity contribution in [1.29, 1.82) is 0 Å². The number of hydrogen-bond donors (Lipinski definition) is 3. The molecular weight excluding hydrogens is 513 g/mol. The van der Waals surface area contributed by atoms with Gasteiger partial charge in [-0.2, -0.15) is 4.98 Å². The second kappa shape index (κ2) is 12.3. The molecule has 0 bridgehead atoms. The van der Waals surface area contributed by atoms with Crippen molar-refractivity contribution in [3.8, 4) is 0 Å². The molecule has 4 aromatic rings. The largest absolute Gasteiger partial charge is 0.338 e. The molecule has 3 N–H and O–H groups in total. The second-order valence-corrected chi connectivity index (χ2v) is 9.39. The predicted molar refractivity (Wildman–Crippen MR) is 147 cm³/mol. The summed E-state index contributed by atoms with van der Waals surface area (Å²) >= 11 is 7.78. The molecule has 0 saturated carbocycles. The molecule has 0 spiro atoms. The Morgan fingerprint density at radius 3 is 2.57 bits per heavy atom. The number of thioether (sulfide) groups is 1. The SMILES string of the molecule is CCCSc1ccccc1Nc1nc(Nc2ccc(C=O)cc2)ncc1C(=O)Nc1c(F)cccc1Cl. The highest BCUT2D eigenvalue weighted by Gasteiger charge is 2.19. The smallest absolute Gasteiger partial charge is 0.261 e. The van der Waals surface area contributed by atoms with Crippen LogP contribution in [0.15, 0.2) is 77.8 Å². The summed E-state index contributed by atoms with van der Waals surface area (Å²) in [5, 5.41) is 8.91. The van der Waals surface area contributed by atoms with Crippen LogP contribution in [0.4, 0.5) is 33.2 Å². The van der Waals surface area contributed by atoms with Crippen LogP contribution in [0.5, 0.6) is 0 Å². The minimum atomic E-state index is -0.658. The Labute approximate surface area is 222 Å². The van der Waals surface area contributed by atoms with Crippen molar-refractivity contribution in [2.24, 2.45) is 0 Å². The Bertz CT molecular complexity index is 1400. The third-order valence-electron chi connectivity index (χ3n) is 5.14. The number of amides is 1. The van der Waals surface area contributed by atoms with Gasteiger partial charge >= 0.3 is 0 Å². The summed E-state index contributed by atoms with van der Waals surface area (Å²) in [7, 11) is 0. The Morgan fingerprint density at radius 2 is 1.84 bits per heavy atom. The summed E-state index contributed by atoms with van der Waals surface area (Å²) in [4.78, 5) is 33.9. The fourth-order valence-electron chi connectivity index (χ4n) is 3.31. The number of aldehydes is 1. The summed E-state index contributed by atoms with van der Waals surface area (Å²) in [5.41, 5.74) is 1.92. The summed E-state index contributed by atoms with van der Waals surface area (Å²) in [6, 6.07) is 18.6. The zero-order valence-electron chi connectivity index (χ0n) is 19.8. The van der Waals surface area contributed by atoms with Gasteiger partial charge in [-0.15, -0.1) is 11.8 Å². The number of carbonyl (C=O) groups is 2. The molecule has 0 unspecified atom stereocenters. The van der Waals surface area contributed by atoms with Gasteiger partial charge in [0.15, 0.2) is 0 Å². The highest BCUT2D eigenvalue weighted by atomic mass is 35.5.